The molecule has 8 heteroatoms. The molecule has 0 saturated heterocycles. The minimum atomic E-state index is -0.823. The van der Waals surface area contributed by atoms with E-state index in [0.29, 0.717) is 18.0 Å². The van der Waals surface area contributed by atoms with Gasteiger partial charge in [0.25, 0.3) is 11.7 Å². The third-order valence-electron chi connectivity index (χ3n) is 3.34. The molecule has 118 valence electrons. The minimum Gasteiger partial charge on any atom is -0.452 e. The van der Waals surface area contributed by atoms with Crippen molar-refractivity contribution in [1.29, 1.82) is 0 Å². The fraction of sp³-hybridized carbons (Fsp3) is 0.500. The van der Waals surface area contributed by atoms with Crippen molar-refractivity contribution in [2.45, 2.75) is 40.2 Å². The van der Waals surface area contributed by atoms with Gasteiger partial charge in [-0.2, -0.15) is 10.1 Å². The number of aryl methyl sites for hydroxylation is 2. The van der Waals surface area contributed by atoms with Crippen LogP contribution in [0.3, 0.4) is 0 Å². The molecule has 2 rings (SSSR count). The summed E-state index contributed by atoms with van der Waals surface area (Å²) >= 11 is 0. The molecular weight excluding hydrogens is 286 g/mol. The van der Waals surface area contributed by atoms with E-state index in [9.17, 15) is 9.59 Å². The highest BCUT2D eigenvalue weighted by Gasteiger charge is 2.20. The monoisotopic (exact) mass is 305 g/mol. The van der Waals surface area contributed by atoms with Crippen LogP contribution in [0, 0.1) is 13.8 Å². The molecule has 2 aromatic rings. The van der Waals surface area contributed by atoms with Gasteiger partial charge < -0.3 is 10.1 Å². The van der Waals surface area contributed by atoms with Crippen LogP contribution >= 0.6 is 0 Å². The largest absolute Gasteiger partial charge is 0.452 e. The predicted molar refractivity (Wildman–Crippen MR) is 78.2 cm³/mol. The molecule has 2 heterocycles. The molecule has 0 unspecified atom stereocenters. The van der Waals surface area contributed by atoms with Crippen molar-refractivity contribution in [1.82, 2.24) is 24.9 Å². The molecule has 0 aromatic carbocycles. The standard InChI is InChI=1S/C14H19N5O3/c1-5-15-13(21)10(4)22-12(20)6-11-8(2)18-14-16-7-17-19(14)9(11)3/h7,10H,5-6H2,1-4H3,(H,15,21)/t10-/m1/s1. The number of ether oxygens (including phenoxy) is 1. The number of likely N-dealkylation sites (N-methyl/N-ethyl adjacent to an activating group) is 1. The number of nitrogens with one attached hydrogen (secondary N) is 1. The van der Waals surface area contributed by atoms with Gasteiger partial charge in [-0.15, -0.1) is 0 Å². The van der Waals surface area contributed by atoms with E-state index >= 15 is 0 Å². The number of aromatic nitrogens is 4. The molecule has 0 spiro atoms. The Morgan fingerprint density at radius 1 is 1.41 bits per heavy atom. The maximum absolute atomic E-state index is 12.0. The number of hydrogen-bond acceptors (Lipinski definition) is 6. The van der Waals surface area contributed by atoms with Gasteiger partial charge in [0.15, 0.2) is 6.10 Å². The Hall–Kier alpha value is -2.51. The van der Waals surface area contributed by atoms with Crippen molar-refractivity contribution in [3.63, 3.8) is 0 Å². The topological polar surface area (TPSA) is 98.5 Å². The zero-order valence-electron chi connectivity index (χ0n) is 13.1. The number of nitrogens with zero attached hydrogens (tertiary/aromatic N) is 4. The highest BCUT2D eigenvalue weighted by molar-refractivity contribution is 5.83. The van der Waals surface area contributed by atoms with Crippen LogP contribution in [0.25, 0.3) is 5.78 Å². The Labute approximate surface area is 127 Å². The molecule has 2 aromatic heterocycles. The lowest BCUT2D eigenvalue weighted by molar-refractivity contribution is -0.154. The number of amides is 1. The van der Waals surface area contributed by atoms with Gasteiger partial charge >= 0.3 is 5.97 Å². The van der Waals surface area contributed by atoms with Crippen molar-refractivity contribution in [2.75, 3.05) is 6.54 Å². The van der Waals surface area contributed by atoms with Crippen LogP contribution in [0.15, 0.2) is 6.33 Å². The van der Waals surface area contributed by atoms with E-state index in [4.69, 9.17) is 4.74 Å². The lowest BCUT2D eigenvalue weighted by atomic mass is 10.1. The maximum atomic E-state index is 12.0. The Bertz CT molecular complexity index is 710. The minimum absolute atomic E-state index is 0.0320. The third kappa shape index (κ3) is 3.21. The summed E-state index contributed by atoms with van der Waals surface area (Å²) in [5, 5.41) is 6.67. The molecule has 1 N–H and O–H groups in total. The van der Waals surface area contributed by atoms with Crippen molar-refractivity contribution < 1.29 is 14.3 Å². The van der Waals surface area contributed by atoms with Crippen LogP contribution in [0.2, 0.25) is 0 Å². The summed E-state index contributed by atoms with van der Waals surface area (Å²) in [5.41, 5.74) is 2.20. The van der Waals surface area contributed by atoms with E-state index in [1.807, 2.05) is 6.92 Å². The molecule has 0 bridgehead atoms. The summed E-state index contributed by atoms with van der Waals surface area (Å²) in [4.78, 5) is 31.9. The second-order valence-electron chi connectivity index (χ2n) is 4.94. The maximum Gasteiger partial charge on any atom is 0.311 e. The Balaban J connectivity index is 2.13. The quantitative estimate of drug-likeness (QED) is 0.800. The molecule has 22 heavy (non-hydrogen) atoms. The number of rotatable bonds is 5. The van der Waals surface area contributed by atoms with Gasteiger partial charge in [0.1, 0.15) is 6.33 Å². The predicted octanol–water partition coefficient (Wildman–Crippen LogP) is 0.351. The van der Waals surface area contributed by atoms with Gasteiger partial charge in [-0.25, -0.2) is 9.50 Å². The van der Waals surface area contributed by atoms with Crippen LogP contribution in [-0.4, -0.2) is 44.1 Å². The molecule has 0 aliphatic carbocycles. The first-order valence-electron chi connectivity index (χ1n) is 7.07. The van der Waals surface area contributed by atoms with Gasteiger partial charge in [-0.05, 0) is 27.7 Å². The summed E-state index contributed by atoms with van der Waals surface area (Å²) in [6.07, 6.45) is 0.620. The molecular formula is C14H19N5O3. The average Bonchev–Trinajstić information content (AvgIpc) is 2.91. The van der Waals surface area contributed by atoms with Crippen LogP contribution in [0.5, 0.6) is 0 Å². The van der Waals surface area contributed by atoms with Crippen LogP contribution < -0.4 is 5.32 Å². The van der Waals surface area contributed by atoms with Gasteiger partial charge in [0.05, 0.1) is 6.42 Å². The summed E-state index contributed by atoms with van der Waals surface area (Å²) in [5.74, 6) is -0.303. The highest BCUT2D eigenvalue weighted by Crippen LogP contribution is 2.14. The van der Waals surface area contributed by atoms with E-state index in [2.05, 4.69) is 20.4 Å². The lowest BCUT2D eigenvalue weighted by Crippen LogP contribution is -2.36. The summed E-state index contributed by atoms with van der Waals surface area (Å²) in [7, 11) is 0. The Morgan fingerprint density at radius 3 is 2.82 bits per heavy atom. The number of carbonyl (C=O) groups is 2. The molecule has 0 radical (unpaired) electrons. The SMILES string of the molecule is CCNC(=O)[C@@H](C)OC(=O)Cc1c(C)nc2ncnn2c1C. The summed E-state index contributed by atoms with van der Waals surface area (Å²) < 4.78 is 6.72. The smallest absolute Gasteiger partial charge is 0.311 e. The summed E-state index contributed by atoms with van der Waals surface area (Å²) in [6.45, 7) is 7.48. The number of hydrogen-bond donors (Lipinski definition) is 1. The Morgan fingerprint density at radius 2 is 2.14 bits per heavy atom. The van der Waals surface area contributed by atoms with Crippen LogP contribution in [-0.2, 0) is 20.7 Å². The van der Waals surface area contributed by atoms with Gasteiger partial charge in [0.2, 0.25) is 0 Å². The number of esters is 1. The molecule has 0 aliphatic heterocycles. The first-order chi connectivity index (χ1) is 10.4. The highest BCUT2D eigenvalue weighted by atomic mass is 16.5. The fourth-order valence-electron chi connectivity index (χ4n) is 2.17. The second-order valence-corrected chi connectivity index (χ2v) is 4.94. The lowest BCUT2D eigenvalue weighted by Gasteiger charge is -2.14. The van der Waals surface area contributed by atoms with Crippen LogP contribution in [0.1, 0.15) is 30.8 Å². The molecule has 0 fully saturated rings. The molecule has 1 amide bonds. The van der Waals surface area contributed by atoms with Crippen molar-refractivity contribution in [2.24, 2.45) is 0 Å². The first kappa shape index (κ1) is 15.9. The molecule has 0 aliphatic rings. The van der Waals surface area contributed by atoms with Gasteiger partial charge in [-0.3, -0.25) is 9.59 Å². The molecule has 1 atom stereocenters. The zero-order chi connectivity index (χ0) is 16.3. The number of fused-ring (bicyclic) bond motifs is 1. The molecule has 0 saturated carbocycles. The average molecular weight is 305 g/mol. The van der Waals surface area contributed by atoms with Crippen molar-refractivity contribution in [3.8, 4) is 0 Å². The van der Waals surface area contributed by atoms with E-state index < -0.39 is 12.1 Å². The van der Waals surface area contributed by atoms with Crippen LogP contribution in [0.4, 0.5) is 0 Å². The second kappa shape index (κ2) is 6.50. The zero-order valence-corrected chi connectivity index (χ0v) is 13.1. The van der Waals surface area contributed by atoms with Gasteiger partial charge in [-0.1, -0.05) is 0 Å². The van der Waals surface area contributed by atoms with E-state index in [0.717, 1.165) is 11.3 Å². The first-order valence-corrected chi connectivity index (χ1v) is 7.07. The van der Waals surface area contributed by atoms with E-state index in [1.165, 1.54) is 6.33 Å². The van der Waals surface area contributed by atoms with Crippen molar-refractivity contribution >= 4 is 17.7 Å². The van der Waals surface area contributed by atoms with E-state index in [-0.39, 0.29) is 12.3 Å². The van der Waals surface area contributed by atoms with Crippen molar-refractivity contribution in [3.05, 3.63) is 23.3 Å². The molecule has 8 nitrogen and oxygen atoms in total. The van der Waals surface area contributed by atoms with E-state index in [1.54, 1.807) is 25.3 Å². The third-order valence-corrected chi connectivity index (χ3v) is 3.34. The summed E-state index contributed by atoms with van der Waals surface area (Å²) in [6, 6.07) is 0. The Kier molecular flexibility index (Phi) is 4.69. The number of carbonyl (C=O) groups excluding carboxylic acids is 2. The normalized spacial score (nSPS) is 12.2. The fourth-order valence-corrected chi connectivity index (χ4v) is 2.17. The van der Waals surface area contributed by atoms with Gasteiger partial charge in [0, 0.05) is 23.5 Å².